The molecule has 0 fully saturated rings. The molecule has 0 radical (unpaired) electrons. The van der Waals surface area contributed by atoms with Crippen molar-refractivity contribution in [3.63, 3.8) is 0 Å². The second-order valence-corrected chi connectivity index (χ2v) is 7.93. The minimum Gasteiger partial charge on any atom is -0.297 e. The Morgan fingerprint density at radius 3 is 2.47 bits per heavy atom. The van der Waals surface area contributed by atoms with Gasteiger partial charge in [0.2, 0.25) is 5.95 Å². The summed E-state index contributed by atoms with van der Waals surface area (Å²) in [6.07, 6.45) is 7.47. The summed E-state index contributed by atoms with van der Waals surface area (Å²) in [7, 11) is 3.10. The second-order valence-electron chi connectivity index (χ2n) is 7.93. The maximum absolute atomic E-state index is 12.7. The molecule has 0 aliphatic carbocycles. The Morgan fingerprint density at radius 1 is 1.00 bits per heavy atom. The Balaban J connectivity index is 1.55. The number of imidazole rings is 1. The Labute approximate surface area is 174 Å². The number of aromatic nitrogens is 4. The molecule has 3 heterocycles. The van der Waals surface area contributed by atoms with Crippen LogP contribution in [0, 0.1) is 0 Å². The molecule has 0 amide bonds. The fraction of sp³-hybridized carbons (Fsp3) is 0.455. The molecule has 158 valence electrons. The van der Waals surface area contributed by atoms with Gasteiger partial charge in [-0.25, -0.2) is 10.2 Å². The molecule has 8 heteroatoms. The third kappa shape index (κ3) is 3.58. The average molecular weight is 409 g/mol. The number of nitrogens with one attached hydrogen (secondary N) is 1. The van der Waals surface area contributed by atoms with Crippen LogP contribution in [0.5, 0.6) is 0 Å². The molecule has 2 aromatic heterocycles. The minimum atomic E-state index is -0.394. The molecule has 1 aliphatic heterocycles. The lowest BCUT2D eigenvalue weighted by molar-refractivity contribution is 0.632. The monoisotopic (exact) mass is 408 g/mol. The van der Waals surface area contributed by atoms with E-state index in [-0.39, 0.29) is 5.56 Å². The molecule has 0 bridgehead atoms. The van der Waals surface area contributed by atoms with Crippen molar-refractivity contribution in [2.45, 2.75) is 52.0 Å². The van der Waals surface area contributed by atoms with Crippen LogP contribution >= 0.6 is 0 Å². The van der Waals surface area contributed by atoms with Gasteiger partial charge in [0.1, 0.15) is 0 Å². The molecule has 0 unspecified atom stereocenters. The van der Waals surface area contributed by atoms with Crippen LogP contribution in [0.25, 0.3) is 11.2 Å². The van der Waals surface area contributed by atoms with Gasteiger partial charge in [-0.2, -0.15) is 10.1 Å². The molecule has 1 aliphatic rings. The normalized spacial score (nSPS) is 13.2. The van der Waals surface area contributed by atoms with E-state index in [0.717, 1.165) is 22.3 Å². The van der Waals surface area contributed by atoms with Crippen molar-refractivity contribution in [2.75, 3.05) is 5.43 Å². The SMILES string of the molecule is CCCCCCCc1ccc(C2=NNc3nc4c(c(=O)n(C)c(=O)n4C)n3C2)cc1. The van der Waals surface area contributed by atoms with Crippen molar-refractivity contribution in [1.29, 1.82) is 0 Å². The largest absolute Gasteiger partial charge is 0.332 e. The van der Waals surface area contributed by atoms with Crippen LogP contribution in [0.1, 0.15) is 50.2 Å². The summed E-state index contributed by atoms with van der Waals surface area (Å²) in [6.45, 7) is 2.65. The first-order valence-corrected chi connectivity index (χ1v) is 10.6. The van der Waals surface area contributed by atoms with Gasteiger partial charge in [-0.15, -0.1) is 0 Å². The first-order chi connectivity index (χ1) is 14.5. The van der Waals surface area contributed by atoms with Gasteiger partial charge in [-0.1, -0.05) is 56.9 Å². The van der Waals surface area contributed by atoms with E-state index < -0.39 is 5.69 Å². The average Bonchev–Trinajstić information content (AvgIpc) is 3.15. The highest BCUT2D eigenvalue weighted by atomic mass is 16.2. The highest BCUT2D eigenvalue weighted by molar-refractivity contribution is 6.02. The van der Waals surface area contributed by atoms with Gasteiger partial charge in [0.25, 0.3) is 5.56 Å². The molecule has 3 aromatic rings. The molecule has 4 rings (SSSR count). The molecule has 8 nitrogen and oxygen atoms in total. The summed E-state index contributed by atoms with van der Waals surface area (Å²) < 4.78 is 4.29. The molecular weight excluding hydrogens is 380 g/mol. The highest BCUT2D eigenvalue weighted by Gasteiger charge is 2.23. The zero-order chi connectivity index (χ0) is 21.3. The van der Waals surface area contributed by atoms with E-state index in [9.17, 15) is 9.59 Å². The highest BCUT2D eigenvalue weighted by Crippen LogP contribution is 2.21. The number of unbranched alkanes of at least 4 members (excludes halogenated alkanes) is 4. The fourth-order valence-electron chi connectivity index (χ4n) is 3.94. The summed E-state index contributed by atoms with van der Waals surface area (Å²) in [4.78, 5) is 29.3. The van der Waals surface area contributed by atoms with Crippen LogP contribution in [0.3, 0.4) is 0 Å². The van der Waals surface area contributed by atoms with E-state index in [1.807, 2.05) is 0 Å². The van der Waals surface area contributed by atoms with E-state index >= 15 is 0 Å². The second kappa shape index (κ2) is 8.30. The van der Waals surface area contributed by atoms with E-state index in [4.69, 9.17) is 0 Å². The van der Waals surface area contributed by atoms with Crippen LogP contribution in [0.2, 0.25) is 0 Å². The standard InChI is InChI=1S/C22H28N6O2/c1-4-5-6-7-8-9-15-10-12-16(13-11-15)17-14-28-18-19(23-21(28)25-24-17)26(2)22(30)27(3)20(18)29/h10-13H,4-9,14H2,1-3H3,(H,23,25). The van der Waals surface area contributed by atoms with Gasteiger partial charge in [-0.3, -0.25) is 18.5 Å². The van der Waals surface area contributed by atoms with Crippen LogP contribution in [0.15, 0.2) is 39.0 Å². The summed E-state index contributed by atoms with van der Waals surface area (Å²) in [6, 6.07) is 8.48. The number of anilines is 1. The van der Waals surface area contributed by atoms with Gasteiger partial charge in [0.15, 0.2) is 11.2 Å². The molecule has 0 saturated carbocycles. The first kappa shape index (κ1) is 20.1. The van der Waals surface area contributed by atoms with Crippen molar-refractivity contribution >= 4 is 22.8 Å². The van der Waals surface area contributed by atoms with Crippen LogP contribution in [-0.2, 0) is 27.1 Å². The topological polar surface area (TPSA) is 86.2 Å². The van der Waals surface area contributed by atoms with Gasteiger partial charge in [0.05, 0.1) is 12.3 Å². The van der Waals surface area contributed by atoms with Gasteiger partial charge in [-0.05, 0) is 24.0 Å². The van der Waals surface area contributed by atoms with Crippen molar-refractivity contribution < 1.29 is 0 Å². The van der Waals surface area contributed by atoms with Crippen molar-refractivity contribution in [1.82, 2.24) is 18.7 Å². The maximum atomic E-state index is 12.7. The van der Waals surface area contributed by atoms with Crippen LogP contribution < -0.4 is 16.7 Å². The predicted molar refractivity (Wildman–Crippen MR) is 119 cm³/mol. The Kier molecular flexibility index (Phi) is 5.57. The number of hydrogen-bond donors (Lipinski definition) is 1. The van der Waals surface area contributed by atoms with E-state index in [1.165, 1.54) is 49.3 Å². The van der Waals surface area contributed by atoms with Crippen LogP contribution in [0.4, 0.5) is 5.95 Å². The molecule has 0 atom stereocenters. The smallest absolute Gasteiger partial charge is 0.297 e. The fourth-order valence-corrected chi connectivity index (χ4v) is 3.94. The quantitative estimate of drug-likeness (QED) is 0.609. The lowest BCUT2D eigenvalue weighted by Gasteiger charge is -2.16. The van der Waals surface area contributed by atoms with E-state index in [2.05, 4.69) is 46.7 Å². The number of hydrogen-bond acceptors (Lipinski definition) is 5. The Morgan fingerprint density at radius 2 is 1.73 bits per heavy atom. The molecule has 1 aromatic carbocycles. The summed E-state index contributed by atoms with van der Waals surface area (Å²) in [5.74, 6) is 0.468. The number of aryl methyl sites for hydroxylation is 2. The van der Waals surface area contributed by atoms with Crippen molar-refractivity contribution in [3.05, 3.63) is 56.2 Å². The lowest BCUT2D eigenvalue weighted by Crippen LogP contribution is -2.38. The summed E-state index contributed by atoms with van der Waals surface area (Å²) in [5, 5.41) is 4.45. The first-order valence-electron chi connectivity index (χ1n) is 10.6. The predicted octanol–water partition coefficient (Wildman–Crippen LogP) is 2.78. The molecular formula is C22H28N6O2. The number of hydrazone groups is 1. The number of benzene rings is 1. The number of rotatable bonds is 7. The molecule has 0 saturated heterocycles. The summed E-state index contributed by atoms with van der Waals surface area (Å²) >= 11 is 0. The van der Waals surface area contributed by atoms with E-state index in [1.54, 1.807) is 11.6 Å². The zero-order valence-corrected chi connectivity index (χ0v) is 17.8. The molecule has 1 N–H and O–H groups in total. The van der Waals surface area contributed by atoms with Crippen molar-refractivity contribution in [2.24, 2.45) is 19.2 Å². The van der Waals surface area contributed by atoms with Gasteiger partial charge >= 0.3 is 5.69 Å². The zero-order valence-electron chi connectivity index (χ0n) is 17.8. The van der Waals surface area contributed by atoms with Crippen LogP contribution in [-0.4, -0.2) is 24.4 Å². The van der Waals surface area contributed by atoms with Crippen molar-refractivity contribution in [3.8, 4) is 0 Å². The Bertz CT molecular complexity index is 1210. The van der Waals surface area contributed by atoms with E-state index in [0.29, 0.717) is 23.7 Å². The summed E-state index contributed by atoms with van der Waals surface area (Å²) in [5.41, 5.74) is 6.12. The maximum Gasteiger partial charge on any atom is 0.332 e. The minimum absolute atomic E-state index is 0.353. The number of fused-ring (bicyclic) bond motifs is 3. The molecule has 0 spiro atoms. The van der Waals surface area contributed by atoms with Gasteiger partial charge < -0.3 is 0 Å². The Hall–Kier alpha value is -3.16. The lowest BCUT2D eigenvalue weighted by atomic mass is 10.0. The number of nitrogens with zero attached hydrogens (tertiary/aromatic N) is 5. The van der Waals surface area contributed by atoms with Gasteiger partial charge in [0, 0.05) is 14.1 Å². The third-order valence-corrected chi connectivity index (χ3v) is 5.80. The third-order valence-electron chi connectivity index (χ3n) is 5.80. The molecule has 30 heavy (non-hydrogen) atoms.